The van der Waals surface area contributed by atoms with Crippen molar-refractivity contribution in [1.82, 2.24) is 0 Å². The van der Waals surface area contributed by atoms with Gasteiger partial charge >= 0.3 is 0 Å². The Hall–Kier alpha value is -1.33. The normalized spacial score (nSPS) is 20.3. The second-order valence-electron chi connectivity index (χ2n) is 3.88. The third-order valence-corrected chi connectivity index (χ3v) is 2.62. The molecule has 0 aliphatic carbocycles. The van der Waals surface area contributed by atoms with Crippen LogP contribution in [0.4, 0.5) is 8.78 Å². The van der Waals surface area contributed by atoms with Crippen molar-refractivity contribution < 1.29 is 23.0 Å². The van der Waals surface area contributed by atoms with Crippen LogP contribution in [0.15, 0.2) is 12.1 Å². The maximum atomic E-state index is 13.6. The fourth-order valence-electron chi connectivity index (χ4n) is 1.65. The Morgan fingerprint density at radius 2 is 2.06 bits per heavy atom. The predicted octanol–water partition coefficient (Wildman–Crippen LogP) is 1.87. The molecular weight excluding hydrogens is 230 g/mol. The Kier molecular flexibility index (Phi) is 3.49. The molecule has 5 heteroatoms. The molecule has 1 unspecified atom stereocenters. The van der Waals surface area contributed by atoms with E-state index in [9.17, 15) is 13.6 Å². The molecule has 0 N–H and O–H groups in total. The molecule has 1 aromatic rings. The van der Waals surface area contributed by atoms with Gasteiger partial charge in [0.2, 0.25) is 0 Å². The third-order valence-electron chi connectivity index (χ3n) is 2.62. The molecule has 1 aliphatic heterocycles. The highest BCUT2D eigenvalue weighted by Crippen LogP contribution is 2.17. The van der Waals surface area contributed by atoms with Crippen LogP contribution in [0.3, 0.4) is 0 Å². The molecule has 0 bridgehead atoms. The van der Waals surface area contributed by atoms with Crippen LogP contribution in [0.25, 0.3) is 0 Å². The topological polar surface area (TPSA) is 35.5 Å². The molecule has 0 aromatic heterocycles. The van der Waals surface area contributed by atoms with Crippen LogP contribution in [0.5, 0.6) is 0 Å². The lowest BCUT2D eigenvalue weighted by Crippen LogP contribution is -2.35. The van der Waals surface area contributed by atoms with Crippen LogP contribution in [0.1, 0.15) is 15.9 Å². The van der Waals surface area contributed by atoms with Crippen molar-refractivity contribution >= 4 is 5.78 Å². The number of halogens is 2. The average Bonchev–Trinajstić information content (AvgIpc) is 2.34. The molecule has 1 aromatic carbocycles. The first-order valence-corrected chi connectivity index (χ1v) is 5.29. The van der Waals surface area contributed by atoms with E-state index >= 15 is 0 Å². The zero-order chi connectivity index (χ0) is 12.4. The number of carbonyl (C=O) groups excluding carboxylic acids is 1. The summed E-state index contributed by atoms with van der Waals surface area (Å²) in [6.45, 7) is 2.21. The zero-order valence-electron chi connectivity index (χ0n) is 9.33. The molecule has 0 amide bonds. The quantitative estimate of drug-likeness (QED) is 0.743. The first kappa shape index (κ1) is 12.1. The van der Waals surface area contributed by atoms with Crippen LogP contribution in [0, 0.1) is 18.6 Å². The highest BCUT2D eigenvalue weighted by Gasteiger charge is 2.26. The first-order chi connectivity index (χ1) is 8.09. The highest BCUT2D eigenvalue weighted by molar-refractivity contribution is 6.00. The second kappa shape index (κ2) is 4.89. The van der Waals surface area contributed by atoms with Gasteiger partial charge in [-0.15, -0.1) is 0 Å². The van der Waals surface area contributed by atoms with E-state index in [0.29, 0.717) is 6.61 Å². The number of carbonyl (C=O) groups is 1. The molecular formula is C12H12F2O3. The first-order valence-electron chi connectivity index (χ1n) is 5.29. The summed E-state index contributed by atoms with van der Waals surface area (Å²) in [7, 11) is 0. The highest BCUT2D eigenvalue weighted by atomic mass is 19.1. The summed E-state index contributed by atoms with van der Waals surface area (Å²) >= 11 is 0. The lowest BCUT2D eigenvalue weighted by molar-refractivity contribution is -0.0720. The standard InChI is InChI=1S/C12H12F2O3/c1-7-4-10(14)8(5-9(7)13)12(15)11-6-16-2-3-17-11/h4-5,11H,2-3,6H2,1H3. The van der Waals surface area contributed by atoms with Crippen LogP contribution in [-0.2, 0) is 9.47 Å². The Morgan fingerprint density at radius 1 is 1.29 bits per heavy atom. The van der Waals surface area contributed by atoms with Gasteiger partial charge in [-0.05, 0) is 24.6 Å². The summed E-state index contributed by atoms with van der Waals surface area (Å²) in [6.07, 6.45) is -0.847. The van der Waals surface area contributed by atoms with E-state index in [2.05, 4.69) is 0 Å². The number of ether oxygens (including phenoxy) is 2. The fourth-order valence-corrected chi connectivity index (χ4v) is 1.65. The van der Waals surface area contributed by atoms with Gasteiger partial charge in [0.25, 0.3) is 0 Å². The largest absolute Gasteiger partial charge is 0.376 e. The van der Waals surface area contributed by atoms with Crippen molar-refractivity contribution in [2.24, 2.45) is 0 Å². The molecule has 1 atom stereocenters. The van der Waals surface area contributed by atoms with Crippen molar-refractivity contribution in [1.29, 1.82) is 0 Å². The van der Waals surface area contributed by atoms with E-state index < -0.39 is 23.5 Å². The summed E-state index contributed by atoms with van der Waals surface area (Å²) in [4.78, 5) is 11.9. The number of benzene rings is 1. The molecule has 0 saturated carbocycles. The van der Waals surface area contributed by atoms with Crippen molar-refractivity contribution in [2.75, 3.05) is 19.8 Å². The van der Waals surface area contributed by atoms with E-state index in [1.54, 1.807) is 0 Å². The fraction of sp³-hybridized carbons (Fsp3) is 0.417. The van der Waals surface area contributed by atoms with Gasteiger partial charge < -0.3 is 9.47 Å². The number of hydrogen-bond acceptors (Lipinski definition) is 3. The van der Waals surface area contributed by atoms with Crippen molar-refractivity contribution in [3.8, 4) is 0 Å². The SMILES string of the molecule is Cc1cc(F)c(C(=O)C2COCCO2)cc1F. The van der Waals surface area contributed by atoms with E-state index in [-0.39, 0.29) is 24.3 Å². The summed E-state index contributed by atoms with van der Waals surface area (Å²) in [5.41, 5.74) is -0.122. The molecule has 0 radical (unpaired) electrons. The van der Waals surface area contributed by atoms with Gasteiger partial charge in [0.15, 0.2) is 5.78 Å². The predicted molar refractivity (Wildman–Crippen MR) is 56.0 cm³/mol. The molecule has 3 nitrogen and oxygen atoms in total. The Labute approximate surface area is 97.3 Å². The minimum Gasteiger partial charge on any atom is -0.376 e. The Morgan fingerprint density at radius 3 is 2.71 bits per heavy atom. The Bertz CT molecular complexity index is 440. The molecule has 1 saturated heterocycles. The van der Waals surface area contributed by atoms with Crippen LogP contribution in [-0.4, -0.2) is 31.7 Å². The van der Waals surface area contributed by atoms with E-state index in [0.717, 1.165) is 12.1 Å². The van der Waals surface area contributed by atoms with E-state index in [4.69, 9.17) is 9.47 Å². The monoisotopic (exact) mass is 242 g/mol. The lowest BCUT2D eigenvalue weighted by Gasteiger charge is -2.22. The van der Waals surface area contributed by atoms with Crippen molar-refractivity contribution in [3.63, 3.8) is 0 Å². The zero-order valence-corrected chi connectivity index (χ0v) is 9.33. The molecule has 92 valence electrons. The van der Waals surface area contributed by atoms with E-state index in [1.165, 1.54) is 6.92 Å². The number of ketones is 1. The maximum Gasteiger partial charge on any atom is 0.196 e. The lowest BCUT2D eigenvalue weighted by atomic mass is 10.0. The summed E-state index contributed by atoms with van der Waals surface area (Å²) in [5, 5.41) is 0. The van der Waals surface area contributed by atoms with Crippen molar-refractivity contribution in [3.05, 3.63) is 34.9 Å². The van der Waals surface area contributed by atoms with Gasteiger partial charge in [-0.1, -0.05) is 0 Å². The number of aryl methyl sites for hydroxylation is 1. The third kappa shape index (κ3) is 2.50. The number of Topliss-reactive ketones (excluding diaryl/α,β-unsaturated/α-hetero) is 1. The summed E-state index contributed by atoms with van der Waals surface area (Å²) < 4.78 is 37.1. The smallest absolute Gasteiger partial charge is 0.196 e. The summed E-state index contributed by atoms with van der Waals surface area (Å²) in [5.74, 6) is -1.92. The molecule has 2 rings (SSSR count). The van der Waals surface area contributed by atoms with Gasteiger partial charge in [0.1, 0.15) is 17.7 Å². The molecule has 1 heterocycles. The minimum atomic E-state index is -0.847. The van der Waals surface area contributed by atoms with Gasteiger partial charge in [-0.3, -0.25) is 4.79 Å². The van der Waals surface area contributed by atoms with Crippen molar-refractivity contribution in [2.45, 2.75) is 13.0 Å². The van der Waals surface area contributed by atoms with Gasteiger partial charge in [0.05, 0.1) is 25.4 Å². The number of hydrogen-bond donors (Lipinski definition) is 0. The van der Waals surface area contributed by atoms with Crippen LogP contribution < -0.4 is 0 Å². The van der Waals surface area contributed by atoms with Gasteiger partial charge in [0, 0.05) is 0 Å². The number of rotatable bonds is 2. The maximum absolute atomic E-state index is 13.6. The van der Waals surface area contributed by atoms with E-state index in [1.807, 2.05) is 0 Å². The second-order valence-corrected chi connectivity index (χ2v) is 3.88. The molecule has 0 spiro atoms. The average molecular weight is 242 g/mol. The molecule has 1 aliphatic rings. The van der Waals surface area contributed by atoms with Gasteiger partial charge in [-0.25, -0.2) is 8.78 Å². The van der Waals surface area contributed by atoms with Crippen LogP contribution in [0.2, 0.25) is 0 Å². The minimum absolute atomic E-state index is 0.0772. The molecule has 1 fully saturated rings. The Balaban J connectivity index is 2.26. The van der Waals surface area contributed by atoms with Gasteiger partial charge in [-0.2, -0.15) is 0 Å². The molecule has 17 heavy (non-hydrogen) atoms. The van der Waals surface area contributed by atoms with Crippen LogP contribution >= 0.6 is 0 Å². The summed E-state index contributed by atoms with van der Waals surface area (Å²) in [6, 6.07) is 1.91.